The fraction of sp³-hybridized carbons (Fsp3) is 0.143. The Hall–Kier alpha value is -1.67. The molecule has 0 unspecified atom stereocenters. The largest absolute Gasteiger partial charge is 0.382 e. The lowest BCUT2D eigenvalue weighted by Crippen LogP contribution is -2.04. The van der Waals surface area contributed by atoms with Gasteiger partial charge in [-0.2, -0.15) is 0 Å². The number of hydrogen-bond donors (Lipinski definition) is 1. The minimum Gasteiger partial charge on any atom is -0.382 e. The van der Waals surface area contributed by atoms with E-state index in [-0.39, 0.29) is 0 Å². The van der Waals surface area contributed by atoms with Crippen molar-refractivity contribution in [1.29, 1.82) is 0 Å². The monoisotopic (exact) mass is 247 g/mol. The van der Waals surface area contributed by atoms with Crippen LogP contribution in [0.15, 0.2) is 48.5 Å². The van der Waals surface area contributed by atoms with Crippen molar-refractivity contribution in [3.63, 3.8) is 0 Å². The van der Waals surface area contributed by atoms with E-state index in [1.165, 1.54) is 0 Å². The van der Waals surface area contributed by atoms with Crippen molar-refractivity contribution in [2.24, 2.45) is 0 Å². The number of benzene rings is 2. The van der Waals surface area contributed by atoms with Crippen molar-refractivity contribution in [2.75, 3.05) is 5.48 Å². The fourth-order valence-electron chi connectivity index (χ4n) is 1.51. The van der Waals surface area contributed by atoms with Gasteiger partial charge in [-0.25, -0.2) is 5.48 Å². The molecule has 2 rings (SSSR count). The van der Waals surface area contributed by atoms with E-state index in [1.54, 1.807) is 0 Å². The van der Waals surface area contributed by atoms with Crippen molar-refractivity contribution in [2.45, 2.75) is 13.3 Å². The molecule has 0 aliphatic rings. The molecule has 17 heavy (non-hydrogen) atoms. The Morgan fingerprint density at radius 1 is 1.12 bits per heavy atom. The van der Waals surface area contributed by atoms with Gasteiger partial charge in [0, 0.05) is 5.02 Å². The molecule has 0 radical (unpaired) electrons. The highest BCUT2D eigenvalue weighted by Crippen LogP contribution is 2.22. The van der Waals surface area contributed by atoms with Crippen molar-refractivity contribution in [3.05, 3.63) is 59.1 Å². The van der Waals surface area contributed by atoms with Gasteiger partial charge in [0.05, 0.1) is 5.69 Å². The molecule has 0 amide bonds. The standard InChI is InChI=1S/C14H14ClNO/c1-2-11-10-13(8-9-14(11)15)17-16-12-6-4-3-5-7-12/h3-10,16H,2H2,1H3. The molecule has 0 saturated carbocycles. The lowest BCUT2D eigenvalue weighted by molar-refractivity contribution is 0.404. The molecule has 1 N–H and O–H groups in total. The molecule has 0 atom stereocenters. The second-order valence-electron chi connectivity index (χ2n) is 3.68. The van der Waals surface area contributed by atoms with E-state index in [1.807, 2.05) is 48.5 Å². The molecule has 0 heterocycles. The van der Waals surface area contributed by atoms with Gasteiger partial charge >= 0.3 is 0 Å². The Labute approximate surface area is 106 Å². The fourth-order valence-corrected chi connectivity index (χ4v) is 1.76. The summed E-state index contributed by atoms with van der Waals surface area (Å²) in [5.41, 5.74) is 4.89. The summed E-state index contributed by atoms with van der Waals surface area (Å²) >= 11 is 6.04. The van der Waals surface area contributed by atoms with E-state index < -0.39 is 0 Å². The SMILES string of the molecule is CCc1cc(ONc2ccccc2)ccc1Cl. The van der Waals surface area contributed by atoms with Gasteiger partial charge < -0.3 is 4.84 Å². The van der Waals surface area contributed by atoms with E-state index in [4.69, 9.17) is 16.4 Å². The molecule has 0 aliphatic heterocycles. The number of aryl methyl sites for hydroxylation is 1. The van der Waals surface area contributed by atoms with Gasteiger partial charge in [0.15, 0.2) is 5.75 Å². The quantitative estimate of drug-likeness (QED) is 0.813. The zero-order valence-corrected chi connectivity index (χ0v) is 10.4. The van der Waals surface area contributed by atoms with Crippen LogP contribution >= 0.6 is 11.6 Å². The maximum Gasteiger partial charge on any atom is 0.155 e. The molecule has 88 valence electrons. The zero-order chi connectivity index (χ0) is 12.1. The van der Waals surface area contributed by atoms with Crippen molar-refractivity contribution < 1.29 is 4.84 Å². The highest BCUT2D eigenvalue weighted by atomic mass is 35.5. The Morgan fingerprint density at radius 3 is 2.59 bits per heavy atom. The molecule has 0 aromatic heterocycles. The summed E-state index contributed by atoms with van der Waals surface area (Å²) in [6.07, 6.45) is 0.890. The van der Waals surface area contributed by atoms with Crippen LogP contribution in [0.4, 0.5) is 5.69 Å². The van der Waals surface area contributed by atoms with Crippen molar-refractivity contribution in [1.82, 2.24) is 0 Å². The molecule has 0 bridgehead atoms. The second kappa shape index (κ2) is 5.60. The Kier molecular flexibility index (Phi) is 3.89. The summed E-state index contributed by atoms with van der Waals surface area (Å²) in [4.78, 5) is 5.48. The third-order valence-electron chi connectivity index (χ3n) is 2.46. The predicted molar refractivity (Wildman–Crippen MR) is 71.5 cm³/mol. The molecule has 0 aliphatic carbocycles. The summed E-state index contributed by atoms with van der Waals surface area (Å²) in [7, 11) is 0. The van der Waals surface area contributed by atoms with E-state index in [0.717, 1.165) is 28.4 Å². The van der Waals surface area contributed by atoms with Crippen LogP contribution in [0.3, 0.4) is 0 Å². The van der Waals surface area contributed by atoms with E-state index >= 15 is 0 Å². The minimum absolute atomic E-state index is 0.759. The van der Waals surface area contributed by atoms with E-state index in [0.29, 0.717) is 0 Å². The van der Waals surface area contributed by atoms with Gasteiger partial charge in [0.1, 0.15) is 0 Å². The van der Waals surface area contributed by atoms with Crippen LogP contribution in [0.1, 0.15) is 12.5 Å². The number of anilines is 1. The first-order valence-electron chi connectivity index (χ1n) is 5.56. The smallest absolute Gasteiger partial charge is 0.155 e. The third-order valence-corrected chi connectivity index (χ3v) is 2.83. The molecule has 0 saturated heterocycles. The van der Waals surface area contributed by atoms with Gasteiger partial charge in [0.25, 0.3) is 0 Å². The number of para-hydroxylation sites is 1. The van der Waals surface area contributed by atoms with Crippen LogP contribution in [0, 0.1) is 0 Å². The normalized spacial score (nSPS) is 10.0. The molecule has 2 aromatic rings. The zero-order valence-electron chi connectivity index (χ0n) is 9.61. The van der Waals surface area contributed by atoms with Crippen LogP contribution in [0.25, 0.3) is 0 Å². The topological polar surface area (TPSA) is 21.3 Å². The summed E-state index contributed by atoms with van der Waals surface area (Å²) < 4.78 is 0. The van der Waals surface area contributed by atoms with Gasteiger partial charge in [-0.15, -0.1) is 0 Å². The van der Waals surface area contributed by atoms with Crippen LogP contribution in [-0.2, 0) is 6.42 Å². The predicted octanol–water partition coefficient (Wildman–Crippen LogP) is 4.31. The molecular formula is C14H14ClNO. The number of hydrogen-bond acceptors (Lipinski definition) is 2. The number of halogens is 1. The first kappa shape index (κ1) is 11.8. The highest BCUT2D eigenvalue weighted by molar-refractivity contribution is 6.31. The van der Waals surface area contributed by atoms with Crippen LogP contribution < -0.4 is 10.3 Å². The molecule has 2 nitrogen and oxygen atoms in total. The third kappa shape index (κ3) is 3.14. The average molecular weight is 248 g/mol. The van der Waals surface area contributed by atoms with E-state index in [2.05, 4.69) is 12.4 Å². The van der Waals surface area contributed by atoms with Gasteiger partial charge in [-0.05, 0) is 42.3 Å². The lowest BCUT2D eigenvalue weighted by atomic mass is 10.2. The maximum absolute atomic E-state index is 6.04. The van der Waals surface area contributed by atoms with Crippen LogP contribution in [0.2, 0.25) is 5.02 Å². The molecule has 3 heteroatoms. The lowest BCUT2D eigenvalue weighted by Gasteiger charge is -2.09. The molecular weight excluding hydrogens is 234 g/mol. The Bertz CT molecular complexity index is 485. The minimum atomic E-state index is 0.759. The van der Waals surface area contributed by atoms with Crippen LogP contribution in [0.5, 0.6) is 5.75 Å². The van der Waals surface area contributed by atoms with Gasteiger partial charge in [0.2, 0.25) is 0 Å². The van der Waals surface area contributed by atoms with E-state index in [9.17, 15) is 0 Å². The second-order valence-corrected chi connectivity index (χ2v) is 4.08. The van der Waals surface area contributed by atoms with Gasteiger partial charge in [-0.1, -0.05) is 36.7 Å². The number of rotatable bonds is 4. The first-order valence-corrected chi connectivity index (χ1v) is 5.93. The van der Waals surface area contributed by atoms with Crippen LogP contribution in [-0.4, -0.2) is 0 Å². The summed E-state index contributed by atoms with van der Waals surface area (Å²) in [6, 6.07) is 15.4. The highest BCUT2D eigenvalue weighted by Gasteiger charge is 2.01. The molecule has 2 aromatic carbocycles. The molecule has 0 fully saturated rings. The summed E-state index contributed by atoms with van der Waals surface area (Å²) in [5, 5.41) is 0.777. The van der Waals surface area contributed by atoms with Crippen molar-refractivity contribution >= 4 is 17.3 Å². The average Bonchev–Trinajstić information content (AvgIpc) is 2.39. The summed E-state index contributed by atoms with van der Waals surface area (Å²) in [5.74, 6) is 0.759. The van der Waals surface area contributed by atoms with Gasteiger partial charge in [-0.3, -0.25) is 0 Å². The maximum atomic E-state index is 6.04. The molecule has 0 spiro atoms. The van der Waals surface area contributed by atoms with Crippen molar-refractivity contribution in [3.8, 4) is 5.75 Å². The summed E-state index contributed by atoms with van der Waals surface area (Å²) in [6.45, 7) is 2.07. The Balaban J connectivity index is 2.04. The first-order chi connectivity index (χ1) is 8.29. The number of nitrogens with one attached hydrogen (secondary N) is 1. The Morgan fingerprint density at radius 2 is 1.88 bits per heavy atom.